The molecule has 2 aliphatic rings. The van der Waals surface area contributed by atoms with Crippen LogP contribution in [0.15, 0.2) is 36.7 Å². The molecule has 0 spiro atoms. The van der Waals surface area contributed by atoms with Crippen LogP contribution in [0.2, 0.25) is 0 Å². The fourth-order valence-corrected chi connectivity index (χ4v) is 3.75. The number of carbonyl (C=O) groups excluding carboxylic acids is 1. The number of hydrogen-bond acceptors (Lipinski definition) is 7. The molecule has 0 radical (unpaired) electrons. The standard InChI is InChI=1S/C21H26N4O3/c1-21(2,3)28-20(26)14-9-18(23-15-5-4-8-22-11-15)24-19(10-14)25-16-6-7-17(25)13-27-12-16/h4-5,8-11,16-17H,6-7,12-13H2,1-3H3,(H,23,24). The summed E-state index contributed by atoms with van der Waals surface area (Å²) in [5.74, 6) is 1.02. The number of fused-ring (bicyclic) bond motifs is 2. The van der Waals surface area contributed by atoms with E-state index in [9.17, 15) is 4.79 Å². The van der Waals surface area contributed by atoms with Crippen LogP contribution in [0.4, 0.5) is 17.3 Å². The largest absolute Gasteiger partial charge is 0.456 e. The van der Waals surface area contributed by atoms with Crippen molar-refractivity contribution in [1.29, 1.82) is 0 Å². The second kappa shape index (κ2) is 7.39. The Morgan fingerprint density at radius 3 is 2.64 bits per heavy atom. The fraction of sp³-hybridized carbons (Fsp3) is 0.476. The number of ether oxygens (including phenoxy) is 2. The number of carbonyl (C=O) groups is 1. The van der Waals surface area contributed by atoms with Gasteiger partial charge in [-0.3, -0.25) is 4.98 Å². The van der Waals surface area contributed by atoms with E-state index in [1.54, 1.807) is 18.5 Å². The quantitative estimate of drug-likeness (QED) is 0.811. The maximum absolute atomic E-state index is 12.7. The summed E-state index contributed by atoms with van der Waals surface area (Å²) in [4.78, 5) is 24.0. The van der Waals surface area contributed by atoms with Gasteiger partial charge < -0.3 is 19.7 Å². The molecule has 2 bridgehead atoms. The minimum absolute atomic E-state index is 0.298. The molecule has 0 amide bonds. The van der Waals surface area contributed by atoms with E-state index in [1.807, 2.05) is 39.0 Å². The summed E-state index contributed by atoms with van der Waals surface area (Å²) in [6.45, 7) is 6.98. The molecule has 148 valence electrons. The highest BCUT2D eigenvalue weighted by molar-refractivity contribution is 5.92. The highest BCUT2D eigenvalue weighted by atomic mass is 16.6. The van der Waals surface area contributed by atoms with E-state index in [4.69, 9.17) is 14.5 Å². The Kier molecular flexibility index (Phi) is 4.93. The lowest BCUT2D eigenvalue weighted by Crippen LogP contribution is -2.46. The third-order valence-corrected chi connectivity index (χ3v) is 4.89. The Bertz CT molecular complexity index is 834. The first kappa shape index (κ1) is 18.7. The van der Waals surface area contributed by atoms with Crippen molar-refractivity contribution >= 4 is 23.3 Å². The molecule has 0 aromatic carbocycles. The highest BCUT2D eigenvalue weighted by Crippen LogP contribution is 2.34. The number of hydrogen-bond donors (Lipinski definition) is 1. The molecular formula is C21H26N4O3. The predicted octanol–water partition coefficient (Wildman–Crippen LogP) is 3.54. The summed E-state index contributed by atoms with van der Waals surface area (Å²) >= 11 is 0. The first-order valence-electron chi connectivity index (χ1n) is 9.68. The van der Waals surface area contributed by atoms with E-state index >= 15 is 0 Å². The number of nitrogens with zero attached hydrogens (tertiary/aromatic N) is 3. The first-order chi connectivity index (χ1) is 13.4. The lowest BCUT2D eigenvalue weighted by atomic mass is 10.1. The third kappa shape index (κ3) is 4.09. The Balaban J connectivity index is 1.69. The van der Waals surface area contributed by atoms with Gasteiger partial charge in [0.2, 0.25) is 0 Å². The van der Waals surface area contributed by atoms with E-state index in [0.717, 1.165) is 24.3 Å². The van der Waals surface area contributed by atoms with Crippen molar-refractivity contribution in [2.24, 2.45) is 0 Å². The maximum Gasteiger partial charge on any atom is 0.338 e. The van der Waals surface area contributed by atoms with E-state index in [-0.39, 0.29) is 5.97 Å². The van der Waals surface area contributed by atoms with Crippen LogP contribution in [-0.4, -0.2) is 46.8 Å². The lowest BCUT2D eigenvalue weighted by molar-refractivity contribution is 0.00694. The van der Waals surface area contributed by atoms with Crippen LogP contribution in [0.3, 0.4) is 0 Å². The zero-order valence-corrected chi connectivity index (χ0v) is 16.5. The Hall–Kier alpha value is -2.67. The van der Waals surface area contributed by atoms with Crippen LogP contribution in [-0.2, 0) is 9.47 Å². The van der Waals surface area contributed by atoms with Crippen LogP contribution >= 0.6 is 0 Å². The number of aromatic nitrogens is 2. The number of esters is 1. The average molecular weight is 382 g/mol. The van der Waals surface area contributed by atoms with Gasteiger partial charge in [0.25, 0.3) is 0 Å². The van der Waals surface area contributed by atoms with E-state index in [1.165, 1.54) is 0 Å². The molecule has 2 aliphatic heterocycles. The molecule has 2 atom stereocenters. The summed E-state index contributed by atoms with van der Waals surface area (Å²) in [6, 6.07) is 7.92. The molecule has 0 aliphatic carbocycles. The van der Waals surface area contributed by atoms with Crippen LogP contribution in [0.5, 0.6) is 0 Å². The van der Waals surface area contributed by atoms with Crippen molar-refractivity contribution in [2.75, 3.05) is 23.4 Å². The van der Waals surface area contributed by atoms with Crippen LogP contribution in [0.25, 0.3) is 0 Å². The van der Waals surface area contributed by atoms with Crippen LogP contribution in [0, 0.1) is 0 Å². The molecule has 2 saturated heterocycles. The minimum atomic E-state index is -0.560. The van der Waals surface area contributed by atoms with Gasteiger partial charge in [0.15, 0.2) is 0 Å². The molecule has 1 N–H and O–H groups in total. The number of nitrogens with one attached hydrogen (secondary N) is 1. The van der Waals surface area contributed by atoms with E-state index in [2.05, 4.69) is 15.2 Å². The van der Waals surface area contributed by atoms with E-state index in [0.29, 0.717) is 36.7 Å². The topological polar surface area (TPSA) is 76.6 Å². The molecule has 4 heterocycles. The smallest absolute Gasteiger partial charge is 0.338 e. The van der Waals surface area contributed by atoms with Gasteiger partial charge in [0, 0.05) is 6.20 Å². The second-order valence-electron chi connectivity index (χ2n) is 8.30. The van der Waals surface area contributed by atoms with Crippen molar-refractivity contribution < 1.29 is 14.3 Å². The van der Waals surface area contributed by atoms with Gasteiger partial charge >= 0.3 is 5.97 Å². The van der Waals surface area contributed by atoms with Crippen molar-refractivity contribution in [2.45, 2.75) is 51.3 Å². The zero-order chi connectivity index (χ0) is 19.7. The molecule has 0 saturated carbocycles. The predicted molar refractivity (Wildman–Crippen MR) is 107 cm³/mol. The average Bonchev–Trinajstić information content (AvgIpc) is 2.90. The Morgan fingerprint density at radius 2 is 2.00 bits per heavy atom. The molecular weight excluding hydrogens is 356 g/mol. The van der Waals surface area contributed by atoms with Gasteiger partial charge in [-0.25, -0.2) is 9.78 Å². The van der Waals surface area contributed by atoms with Crippen molar-refractivity contribution in [1.82, 2.24) is 9.97 Å². The minimum Gasteiger partial charge on any atom is -0.456 e. The van der Waals surface area contributed by atoms with Gasteiger partial charge in [-0.2, -0.15) is 0 Å². The summed E-state index contributed by atoms with van der Waals surface area (Å²) in [6.07, 6.45) is 5.59. The third-order valence-electron chi connectivity index (χ3n) is 4.89. The molecule has 4 rings (SSSR count). The molecule has 2 aromatic heterocycles. The van der Waals surface area contributed by atoms with Gasteiger partial charge in [-0.1, -0.05) is 0 Å². The van der Waals surface area contributed by atoms with Crippen LogP contribution in [0.1, 0.15) is 44.0 Å². The normalized spacial score (nSPS) is 21.5. The molecule has 7 nitrogen and oxygen atoms in total. The summed E-state index contributed by atoms with van der Waals surface area (Å²) in [7, 11) is 0. The van der Waals surface area contributed by atoms with Gasteiger partial charge in [-0.05, 0) is 57.9 Å². The molecule has 7 heteroatoms. The fourth-order valence-electron chi connectivity index (χ4n) is 3.75. The molecule has 28 heavy (non-hydrogen) atoms. The summed E-state index contributed by atoms with van der Waals surface area (Å²) < 4.78 is 11.3. The van der Waals surface area contributed by atoms with Crippen molar-refractivity contribution in [3.63, 3.8) is 0 Å². The van der Waals surface area contributed by atoms with Gasteiger partial charge in [0.05, 0.1) is 42.7 Å². The molecule has 2 unspecified atom stereocenters. The SMILES string of the molecule is CC(C)(C)OC(=O)c1cc(Nc2cccnc2)nc(N2C3CCC2COC3)c1. The first-order valence-corrected chi connectivity index (χ1v) is 9.68. The summed E-state index contributed by atoms with van der Waals surface area (Å²) in [5, 5.41) is 3.25. The lowest BCUT2D eigenvalue weighted by Gasteiger charge is -2.36. The van der Waals surface area contributed by atoms with Crippen molar-refractivity contribution in [3.8, 4) is 0 Å². The van der Waals surface area contributed by atoms with Gasteiger partial charge in [-0.15, -0.1) is 0 Å². The Morgan fingerprint density at radius 1 is 1.25 bits per heavy atom. The number of anilines is 3. The number of rotatable bonds is 4. The maximum atomic E-state index is 12.7. The molecule has 2 aromatic rings. The number of morpholine rings is 1. The second-order valence-corrected chi connectivity index (χ2v) is 8.30. The van der Waals surface area contributed by atoms with Crippen LogP contribution < -0.4 is 10.2 Å². The monoisotopic (exact) mass is 382 g/mol. The highest BCUT2D eigenvalue weighted by Gasteiger charge is 2.38. The van der Waals surface area contributed by atoms with Gasteiger partial charge in [0.1, 0.15) is 17.2 Å². The molecule has 2 fully saturated rings. The van der Waals surface area contributed by atoms with Crippen molar-refractivity contribution in [3.05, 3.63) is 42.2 Å². The van der Waals surface area contributed by atoms with E-state index < -0.39 is 5.60 Å². The summed E-state index contributed by atoms with van der Waals surface area (Å²) in [5.41, 5.74) is 0.736. The number of pyridine rings is 2. The Labute approximate surface area is 165 Å². The zero-order valence-electron chi connectivity index (χ0n) is 16.5.